The summed E-state index contributed by atoms with van der Waals surface area (Å²) in [6.07, 6.45) is 0. The maximum atomic E-state index is 5.98. The molecule has 0 bridgehead atoms. The number of nitrogens with one attached hydrogen (secondary N) is 1. The van der Waals surface area contributed by atoms with E-state index < -0.39 is 0 Å². The van der Waals surface area contributed by atoms with Crippen molar-refractivity contribution in [2.75, 3.05) is 5.32 Å². The van der Waals surface area contributed by atoms with Gasteiger partial charge in [-0.05, 0) is 36.6 Å². The first-order valence-electron chi connectivity index (χ1n) is 5.58. The maximum absolute atomic E-state index is 5.98. The van der Waals surface area contributed by atoms with Gasteiger partial charge in [-0.15, -0.1) is 11.3 Å². The first kappa shape index (κ1) is 12.0. The number of thiazole rings is 1. The molecular weight excluding hydrogens is 284 g/mol. The third-order valence-corrected chi connectivity index (χ3v) is 4.90. The SMILES string of the molecule is CC(Nc1nc2ccc(Cl)cc2s1)c1cccs1. The van der Waals surface area contributed by atoms with Gasteiger partial charge in [-0.25, -0.2) is 4.98 Å². The molecule has 0 radical (unpaired) electrons. The van der Waals surface area contributed by atoms with Gasteiger partial charge in [-0.3, -0.25) is 0 Å². The van der Waals surface area contributed by atoms with E-state index in [0.29, 0.717) is 0 Å². The first-order chi connectivity index (χ1) is 8.72. The van der Waals surface area contributed by atoms with Crippen LogP contribution < -0.4 is 5.32 Å². The molecule has 1 unspecified atom stereocenters. The summed E-state index contributed by atoms with van der Waals surface area (Å²) >= 11 is 9.36. The van der Waals surface area contributed by atoms with E-state index in [0.717, 1.165) is 20.4 Å². The molecule has 1 N–H and O–H groups in total. The van der Waals surface area contributed by atoms with Crippen LogP contribution in [0.1, 0.15) is 17.8 Å². The molecule has 2 nitrogen and oxygen atoms in total. The quantitative estimate of drug-likeness (QED) is 0.719. The Morgan fingerprint density at radius 1 is 1.33 bits per heavy atom. The number of fused-ring (bicyclic) bond motifs is 1. The van der Waals surface area contributed by atoms with Crippen LogP contribution in [0.5, 0.6) is 0 Å². The van der Waals surface area contributed by atoms with Crippen molar-refractivity contribution in [3.63, 3.8) is 0 Å². The van der Waals surface area contributed by atoms with Crippen LogP contribution in [-0.2, 0) is 0 Å². The number of benzene rings is 1. The lowest BCUT2D eigenvalue weighted by atomic mass is 10.3. The van der Waals surface area contributed by atoms with Gasteiger partial charge in [-0.1, -0.05) is 29.0 Å². The normalized spacial score (nSPS) is 12.8. The van der Waals surface area contributed by atoms with Crippen LogP contribution in [0.2, 0.25) is 5.02 Å². The highest BCUT2D eigenvalue weighted by Gasteiger charge is 2.09. The predicted molar refractivity (Wildman–Crippen MR) is 81.0 cm³/mol. The summed E-state index contributed by atoms with van der Waals surface area (Å²) in [4.78, 5) is 5.87. The van der Waals surface area contributed by atoms with Gasteiger partial charge < -0.3 is 5.32 Å². The van der Waals surface area contributed by atoms with Gasteiger partial charge in [0.05, 0.1) is 16.3 Å². The van der Waals surface area contributed by atoms with Crippen LogP contribution in [-0.4, -0.2) is 4.98 Å². The average Bonchev–Trinajstić information content (AvgIpc) is 2.95. The molecule has 0 amide bonds. The second-order valence-corrected chi connectivity index (χ2v) is 6.46. The van der Waals surface area contributed by atoms with Gasteiger partial charge in [0.2, 0.25) is 0 Å². The van der Waals surface area contributed by atoms with E-state index in [9.17, 15) is 0 Å². The summed E-state index contributed by atoms with van der Waals surface area (Å²) in [5.74, 6) is 0. The highest BCUT2D eigenvalue weighted by molar-refractivity contribution is 7.22. The molecule has 18 heavy (non-hydrogen) atoms. The van der Waals surface area contributed by atoms with Crippen LogP contribution >= 0.6 is 34.3 Å². The van der Waals surface area contributed by atoms with E-state index in [4.69, 9.17) is 11.6 Å². The summed E-state index contributed by atoms with van der Waals surface area (Å²) in [6.45, 7) is 2.14. The van der Waals surface area contributed by atoms with Crippen molar-refractivity contribution in [3.05, 3.63) is 45.6 Å². The van der Waals surface area contributed by atoms with Crippen LogP contribution in [0, 0.1) is 0 Å². The molecule has 92 valence electrons. The first-order valence-corrected chi connectivity index (χ1v) is 7.66. The Morgan fingerprint density at radius 3 is 3.00 bits per heavy atom. The van der Waals surface area contributed by atoms with E-state index in [2.05, 4.69) is 34.7 Å². The third kappa shape index (κ3) is 2.36. The van der Waals surface area contributed by atoms with Gasteiger partial charge in [0.25, 0.3) is 0 Å². The molecule has 5 heteroatoms. The minimum Gasteiger partial charge on any atom is -0.354 e. The Bertz CT molecular complexity index is 661. The lowest BCUT2D eigenvalue weighted by Crippen LogP contribution is -2.03. The summed E-state index contributed by atoms with van der Waals surface area (Å²) in [5, 5.41) is 7.21. The fourth-order valence-electron chi connectivity index (χ4n) is 1.75. The monoisotopic (exact) mass is 294 g/mol. The molecule has 1 aromatic carbocycles. The molecule has 2 aromatic heterocycles. The molecule has 3 rings (SSSR count). The minimum atomic E-state index is 0.279. The van der Waals surface area contributed by atoms with Crippen molar-refractivity contribution in [2.45, 2.75) is 13.0 Å². The summed E-state index contributed by atoms with van der Waals surface area (Å²) < 4.78 is 1.11. The number of hydrogen-bond acceptors (Lipinski definition) is 4. The summed E-state index contributed by atoms with van der Waals surface area (Å²) in [7, 11) is 0. The van der Waals surface area contributed by atoms with Gasteiger partial charge in [-0.2, -0.15) is 0 Å². The standard InChI is InChI=1S/C13H11ClN2S2/c1-8(11-3-2-6-17-11)15-13-16-10-5-4-9(14)7-12(10)18-13/h2-8H,1H3,(H,15,16). The van der Waals surface area contributed by atoms with Crippen molar-refractivity contribution in [2.24, 2.45) is 0 Å². The van der Waals surface area contributed by atoms with Crippen LogP contribution in [0.25, 0.3) is 10.2 Å². The second-order valence-electron chi connectivity index (χ2n) is 4.01. The topological polar surface area (TPSA) is 24.9 Å². The van der Waals surface area contributed by atoms with E-state index in [1.165, 1.54) is 4.88 Å². The van der Waals surface area contributed by atoms with Crippen molar-refractivity contribution in [1.82, 2.24) is 4.98 Å². The molecular formula is C13H11ClN2S2. The highest BCUT2D eigenvalue weighted by Crippen LogP contribution is 2.31. The Labute approximate surface area is 118 Å². The van der Waals surface area contributed by atoms with Gasteiger partial charge in [0.15, 0.2) is 5.13 Å². The Kier molecular flexibility index (Phi) is 3.24. The van der Waals surface area contributed by atoms with E-state index in [1.807, 2.05) is 18.2 Å². The molecule has 2 heterocycles. The molecule has 3 aromatic rings. The van der Waals surface area contributed by atoms with Crippen LogP contribution in [0.3, 0.4) is 0 Å². The highest BCUT2D eigenvalue weighted by atomic mass is 35.5. The molecule has 0 saturated carbocycles. The van der Waals surface area contributed by atoms with Crippen molar-refractivity contribution in [3.8, 4) is 0 Å². The lowest BCUT2D eigenvalue weighted by Gasteiger charge is -2.09. The number of thiophene rings is 1. The molecule has 0 aliphatic heterocycles. The average molecular weight is 295 g/mol. The largest absolute Gasteiger partial charge is 0.354 e. The van der Waals surface area contributed by atoms with Crippen LogP contribution in [0.15, 0.2) is 35.7 Å². The minimum absolute atomic E-state index is 0.279. The maximum Gasteiger partial charge on any atom is 0.184 e. The number of halogens is 1. The Morgan fingerprint density at radius 2 is 2.22 bits per heavy atom. The Balaban J connectivity index is 1.86. The lowest BCUT2D eigenvalue weighted by molar-refractivity contribution is 0.905. The zero-order valence-electron chi connectivity index (χ0n) is 9.68. The number of rotatable bonds is 3. The number of nitrogens with zero attached hydrogens (tertiary/aromatic N) is 1. The van der Waals surface area contributed by atoms with E-state index >= 15 is 0 Å². The predicted octanol–water partition coefficient (Wildman–Crippen LogP) is 5.18. The van der Waals surface area contributed by atoms with Crippen LogP contribution in [0.4, 0.5) is 5.13 Å². The second kappa shape index (κ2) is 4.88. The molecule has 0 spiro atoms. The fraction of sp³-hybridized carbons (Fsp3) is 0.154. The smallest absolute Gasteiger partial charge is 0.184 e. The molecule has 0 aliphatic rings. The molecule has 0 aliphatic carbocycles. The van der Waals surface area contributed by atoms with Crippen molar-refractivity contribution in [1.29, 1.82) is 0 Å². The van der Waals surface area contributed by atoms with Gasteiger partial charge in [0, 0.05) is 9.90 Å². The molecule has 1 atom stereocenters. The van der Waals surface area contributed by atoms with E-state index in [1.54, 1.807) is 22.7 Å². The third-order valence-electron chi connectivity index (χ3n) is 2.66. The zero-order valence-corrected chi connectivity index (χ0v) is 12.1. The van der Waals surface area contributed by atoms with E-state index in [-0.39, 0.29) is 6.04 Å². The number of hydrogen-bond donors (Lipinski definition) is 1. The Hall–Kier alpha value is -1.10. The van der Waals surface area contributed by atoms with Crippen molar-refractivity contribution >= 4 is 49.6 Å². The fourth-order valence-corrected chi connectivity index (χ4v) is 3.72. The zero-order chi connectivity index (χ0) is 12.5. The number of anilines is 1. The van der Waals surface area contributed by atoms with Gasteiger partial charge >= 0.3 is 0 Å². The number of aromatic nitrogens is 1. The molecule has 0 saturated heterocycles. The summed E-state index contributed by atoms with van der Waals surface area (Å²) in [5.41, 5.74) is 0.991. The van der Waals surface area contributed by atoms with Crippen molar-refractivity contribution < 1.29 is 0 Å². The van der Waals surface area contributed by atoms with Gasteiger partial charge in [0.1, 0.15) is 0 Å². The summed E-state index contributed by atoms with van der Waals surface area (Å²) in [6, 6.07) is 10.3. The molecule has 0 fully saturated rings.